The van der Waals surface area contributed by atoms with Crippen LogP contribution in [0.5, 0.6) is 0 Å². The summed E-state index contributed by atoms with van der Waals surface area (Å²) in [5.41, 5.74) is 0.0759. The van der Waals surface area contributed by atoms with Crippen LogP contribution in [0.25, 0.3) is 0 Å². The summed E-state index contributed by atoms with van der Waals surface area (Å²) in [4.78, 5) is 36.4. The summed E-state index contributed by atoms with van der Waals surface area (Å²) in [6, 6.07) is -0.0477. The van der Waals surface area contributed by atoms with Crippen molar-refractivity contribution in [1.82, 2.24) is 24.8 Å². The summed E-state index contributed by atoms with van der Waals surface area (Å²) in [6.07, 6.45) is 4.77. The standard InChI is InChI=1S/C24H39N5O4/c1-17(2)23(31)28-11-7-24(8-12-28)13-20(22-25-18(3)26-33-22)29(16-24)14-21(30)27-9-5-19(6-10-27)15-32-4/h17,19-20H,5-16H2,1-4H3. The van der Waals surface area contributed by atoms with Gasteiger partial charge in [0.15, 0.2) is 5.82 Å². The highest BCUT2D eigenvalue weighted by molar-refractivity contribution is 5.79. The summed E-state index contributed by atoms with van der Waals surface area (Å²) >= 11 is 0. The molecule has 0 saturated carbocycles. The Bertz CT molecular complexity index is 825. The molecule has 0 aliphatic carbocycles. The van der Waals surface area contributed by atoms with E-state index < -0.39 is 0 Å². The molecule has 184 valence electrons. The van der Waals surface area contributed by atoms with Crippen molar-refractivity contribution >= 4 is 11.8 Å². The Morgan fingerprint density at radius 1 is 1.15 bits per heavy atom. The third kappa shape index (κ3) is 5.40. The van der Waals surface area contributed by atoms with Crippen molar-refractivity contribution in [2.45, 2.75) is 58.9 Å². The lowest BCUT2D eigenvalue weighted by molar-refractivity contribution is -0.136. The first-order valence-electron chi connectivity index (χ1n) is 12.4. The van der Waals surface area contributed by atoms with Gasteiger partial charge >= 0.3 is 0 Å². The lowest BCUT2D eigenvalue weighted by Crippen LogP contribution is -2.47. The van der Waals surface area contributed by atoms with Gasteiger partial charge in [0.2, 0.25) is 17.7 Å². The van der Waals surface area contributed by atoms with Gasteiger partial charge in [-0.25, -0.2) is 0 Å². The van der Waals surface area contributed by atoms with E-state index in [9.17, 15) is 9.59 Å². The smallest absolute Gasteiger partial charge is 0.244 e. The molecule has 0 N–H and O–H groups in total. The highest BCUT2D eigenvalue weighted by Gasteiger charge is 2.49. The molecule has 1 aromatic heterocycles. The largest absolute Gasteiger partial charge is 0.384 e. The van der Waals surface area contributed by atoms with Crippen molar-refractivity contribution in [2.75, 3.05) is 53.0 Å². The molecular formula is C24H39N5O4. The fraction of sp³-hybridized carbons (Fsp3) is 0.833. The van der Waals surface area contributed by atoms with E-state index in [1.54, 1.807) is 7.11 Å². The molecular weight excluding hydrogens is 422 g/mol. The molecule has 0 radical (unpaired) electrons. The fourth-order valence-electron chi connectivity index (χ4n) is 5.79. The minimum atomic E-state index is -0.0477. The summed E-state index contributed by atoms with van der Waals surface area (Å²) < 4.78 is 10.9. The first kappa shape index (κ1) is 24.1. The highest BCUT2D eigenvalue weighted by Crippen LogP contribution is 2.48. The highest BCUT2D eigenvalue weighted by atomic mass is 16.5. The van der Waals surface area contributed by atoms with E-state index >= 15 is 0 Å². The summed E-state index contributed by atoms with van der Waals surface area (Å²) in [7, 11) is 1.74. The van der Waals surface area contributed by atoms with E-state index in [0.717, 1.165) is 71.4 Å². The number of nitrogens with zero attached hydrogens (tertiary/aromatic N) is 5. The van der Waals surface area contributed by atoms with Crippen LogP contribution in [-0.4, -0.2) is 89.6 Å². The fourth-order valence-corrected chi connectivity index (χ4v) is 5.79. The Hall–Kier alpha value is -2.00. The predicted octanol–water partition coefficient (Wildman–Crippen LogP) is 2.27. The first-order valence-corrected chi connectivity index (χ1v) is 12.4. The van der Waals surface area contributed by atoms with Crippen LogP contribution in [0.3, 0.4) is 0 Å². The molecule has 3 aliphatic heterocycles. The number of likely N-dealkylation sites (tertiary alicyclic amines) is 3. The molecule has 9 heteroatoms. The van der Waals surface area contributed by atoms with Crippen LogP contribution in [0.2, 0.25) is 0 Å². The second-order valence-corrected chi connectivity index (χ2v) is 10.6. The van der Waals surface area contributed by atoms with Gasteiger partial charge in [0.05, 0.1) is 12.6 Å². The van der Waals surface area contributed by atoms with Crippen LogP contribution in [0.1, 0.15) is 63.7 Å². The average molecular weight is 462 g/mol. The van der Waals surface area contributed by atoms with E-state index in [0.29, 0.717) is 24.2 Å². The number of amides is 2. The first-order chi connectivity index (χ1) is 15.8. The van der Waals surface area contributed by atoms with Gasteiger partial charge in [-0.2, -0.15) is 4.98 Å². The molecule has 0 aromatic carbocycles. The minimum Gasteiger partial charge on any atom is -0.384 e. The van der Waals surface area contributed by atoms with E-state index in [1.165, 1.54) is 0 Å². The number of methoxy groups -OCH3 is 1. The van der Waals surface area contributed by atoms with Crippen molar-refractivity contribution in [3.8, 4) is 0 Å². The third-order valence-corrected chi connectivity index (χ3v) is 7.77. The third-order valence-electron chi connectivity index (χ3n) is 7.77. The molecule has 1 unspecified atom stereocenters. The van der Waals surface area contributed by atoms with E-state index in [2.05, 4.69) is 15.0 Å². The lowest BCUT2D eigenvalue weighted by Gasteiger charge is -2.40. The van der Waals surface area contributed by atoms with Gasteiger partial charge < -0.3 is 19.1 Å². The molecule has 1 aromatic rings. The van der Waals surface area contributed by atoms with Gasteiger partial charge in [-0.05, 0) is 50.4 Å². The van der Waals surface area contributed by atoms with Crippen LogP contribution >= 0.6 is 0 Å². The number of carbonyl (C=O) groups excluding carboxylic acids is 2. The van der Waals surface area contributed by atoms with Crippen molar-refractivity contribution in [1.29, 1.82) is 0 Å². The van der Waals surface area contributed by atoms with Crippen LogP contribution in [0.15, 0.2) is 4.52 Å². The maximum atomic E-state index is 13.2. The normalized spacial score (nSPS) is 24.2. The Morgan fingerprint density at radius 3 is 2.42 bits per heavy atom. The zero-order chi connectivity index (χ0) is 23.6. The van der Waals surface area contributed by atoms with Gasteiger partial charge in [-0.1, -0.05) is 19.0 Å². The molecule has 3 saturated heterocycles. The molecule has 1 atom stereocenters. The van der Waals surface area contributed by atoms with Gasteiger partial charge in [0.25, 0.3) is 0 Å². The molecule has 4 rings (SSSR count). The maximum Gasteiger partial charge on any atom is 0.244 e. The molecule has 1 spiro atoms. The number of aromatic nitrogens is 2. The van der Waals surface area contributed by atoms with Crippen molar-refractivity contribution in [3.05, 3.63) is 11.7 Å². The summed E-state index contributed by atoms with van der Waals surface area (Å²) in [6.45, 7) is 10.9. The van der Waals surface area contributed by atoms with Gasteiger partial charge in [0.1, 0.15) is 0 Å². The second-order valence-electron chi connectivity index (χ2n) is 10.6. The lowest BCUT2D eigenvalue weighted by atomic mass is 9.76. The van der Waals surface area contributed by atoms with Crippen molar-refractivity contribution < 1.29 is 18.8 Å². The Labute approximate surface area is 196 Å². The maximum absolute atomic E-state index is 13.2. The van der Waals surface area contributed by atoms with Crippen molar-refractivity contribution in [2.24, 2.45) is 17.3 Å². The van der Waals surface area contributed by atoms with Crippen LogP contribution in [-0.2, 0) is 14.3 Å². The second kappa shape index (κ2) is 10.1. The van der Waals surface area contributed by atoms with Gasteiger partial charge in [0, 0.05) is 52.4 Å². The number of piperidine rings is 2. The number of hydrogen-bond donors (Lipinski definition) is 0. The molecule has 3 fully saturated rings. The minimum absolute atomic E-state index is 0.0268. The number of carbonyl (C=O) groups is 2. The SMILES string of the molecule is COCC1CCN(C(=O)CN2CC3(CCN(C(=O)C(C)C)CC3)CC2c2nc(C)no2)CC1. The Balaban J connectivity index is 1.42. The number of rotatable bonds is 6. The quantitative estimate of drug-likeness (QED) is 0.642. The molecule has 3 aliphatic rings. The number of hydrogen-bond acceptors (Lipinski definition) is 7. The molecule has 0 bridgehead atoms. The monoisotopic (exact) mass is 461 g/mol. The van der Waals surface area contributed by atoms with Gasteiger partial charge in [-0.3, -0.25) is 14.5 Å². The van der Waals surface area contributed by atoms with E-state index in [1.807, 2.05) is 30.6 Å². The van der Waals surface area contributed by atoms with Crippen LogP contribution in [0.4, 0.5) is 0 Å². The molecule has 9 nitrogen and oxygen atoms in total. The summed E-state index contributed by atoms with van der Waals surface area (Å²) in [5, 5.41) is 4.01. The van der Waals surface area contributed by atoms with Gasteiger partial charge in [-0.15, -0.1) is 0 Å². The number of aryl methyl sites for hydroxylation is 1. The Kier molecular flexibility index (Phi) is 7.38. The average Bonchev–Trinajstić information content (AvgIpc) is 3.38. The summed E-state index contributed by atoms with van der Waals surface area (Å²) in [5.74, 6) is 2.21. The van der Waals surface area contributed by atoms with E-state index in [-0.39, 0.29) is 29.2 Å². The molecule has 2 amide bonds. The topological polar surface area (TPSA) is 92.0 Å². The zero-order valence-corrected chi connectivity index (χ0v) is 20.6. The van der Waals surface area contributed by atoms with Crippen LogP contribution in [0, 0.1) is 24.2 Å². The zero-order valence-electron chi connectivity index (χ0n) is 20.6. The predicted molar refractivity (Wildman–Crippen MR) is 122 cm³/mol. The Morgan fingerprint density at radius 2 is 1.85 bits per heavy atom. The molecule has 4 heterocycles. The van der Waals surface area contributed by atoms with Crippen molar-refractivity contribution in [3.63, 3.8) is 0 Å². The molecule has 33 heavy (non-hydrogen) atoms. The van der Waals surface area contributed by atoms with E-state index in [4.69, 9.17) is 9.26 Å². The number of ether oxygens (including phenoxy) is 1. The van der Waals surface area contributed by atoms with Crippen LogP contribution < -0.4 is 0 Å².